The van der Waals surface area contributed by atoms with Crippen molar-refractivity contribution in [2.45, 2.75) is 39.5 Å². The highest BCUT2D eigenvalue weighted by atomic mass is 16.5. The first-order valence-electron chi connectivity index (χ1n) is 12.3. The van der Waals surface area contributed by atoms with Crippen LogP contribution in [-0.2, 0) is 14.3 Å². The molecular formula is C29H30O9. The van der Waals surface area contributed by atoms with Gasteiger partial charge in [0.05, 0.1) is 25.4 Å². The average Bonchev–Trinajstić information content (AvgIpc) is 2.89. The number of hydrogen-bond donors (Lipinski definition) is 0. The van der Waals surface area contributed by atoms with Gasteiger partial charge in [0.25, 0.3) is 0 Å². The van der Waals surface area contributed by atoms with E-state index in [9.17, 15) is 19.2 Å². The van der Waals surface area contributed by atoms with Crippen molar-refractivity contribution in [1.82, 2.24) is 0 Å². The van der Waals surface area contributed by atoms with Gasteiger partial charge in [0.1, 0.15) is 22.6 Å². The Labute approximate surface area is 219 Å². The van der Waals surface area contributed by atoms with Gasteiger partial charge in [-0.05, 0) is 82.0 Å². The van der Waals surface area contributed by atoms with E-state index < -0.39 is 17.6 Å². The van der Waals surface area contributed by atoms with E-state index in [1.54, 1.807) is 44.2 Å². The fourth-order valence-corrected chi connectivity index (χ4v) is 3.40. The molecule has 0 amide bonds. The molecule has 3 rings (SSSR count). The van der Waals surface area contributed by atoms with Crippen LogP contribution in [0.15, 0.2) is 69.9 Å². The van der Waals surface area contributed by atoms with Gasteiger partial charge in [-0.3, -0.25) is 0 Å². The van der Waals surface area contributed by atoms with E-state index in [1.807, 2.05) is 0 Å². The first-order chi connectivity index (χ1) is 18.3. The molecular weight excluding hydrogens is 492 g/mol. The molecule has 0 bridgehead atoms. The van der Waals surface area contributed by atoms with Gasteiger partial charge in [-0.15, -0.1) is 0 Å². The van der Waals surface area contributed by atoms with Gasteiger partial charge in [-0.25, -0.2) is 19.2 Å². The summed E-state index contributed by atoms with van der Waals surface area (Å²) in [5.41, 5.74) is -0.147. The molecule has 0 aliphatic rings. The Hall–Kier alpha value is -4.40. The SMILES string of the molecule is C=C(C)C(=O)OCCCCCCOc1ccc(C(=O)Oc2ccc3cc(C(=O)OCC)c(=O)oc3c2)cc1. The summed E-state index contributed by atoms with van der Waals surface area (Å²) in [4.78, 5) is 47.9. The van der Waals surface area contributed by atoms with Crippen LogP contribution in [0.4, 0.5) is 0 Å². The zero-order chi connectivity index (χ0) is 27.5. The molecule has 0 N–H and O–H groups in total. The van der Waals surface area contributed by atoms with Crippen LogP contribution < -0.4 is 15.1 Å². The number of rotatable bonds is 13. The summed E-state index contributed by atoms with van der Waals surface area (Å²) in [6.45, 7) is 7.84. The Morgan fingerprint density at radius 1 is 0.842 bits per heavy atom. The lowest BCUT2D eigenvalue weighted by atomic mass is 10.2. The van der Waals surface area contributed by atoms with E-state index in [4.69, 9.17) is 23.4 Å². The molecule has 0 radical (unpaired) electrons. The molecule has 200 valence electrons. The summed E-state index contributed by atoms with van der Waals surface area (Å²) in [6, 6.07) is 12.5. The van der Waals surface area contributed by atoms with E-state index in [-0.39, 0.29) is 29.5 Å². The number of carbonyl (C=O) groups excluding carboxylic acids is 3. The van der Waals surface area contributed by atoms with E-state index in [1.165, 1.54) is 18.2 Å². The van der Waals surface area contributed by atoms with Gasteiger partial charge < -0.3 is 23.4 Å². The Balaban J connectivity index is 1.46. The van der Waals surface area contributed by atoms with Crippen LogP contribution in [0.25, 0.3) is 11.0 Å². The molecule has 3 aromatic rings. The third-order valence-corrected chi connectivity index (χ3v) is 5.39. The van der Waals surface area contributed by atoms with Gasteiger partial charge in [-0.2, -0.15) is 0 Å². The summed E-state index contributed by atoms with van der Waals surface area (Å²) in [5, 5.41) is 0.486. The predicted molar refractivity (Wildman–Crippen MR) is 140 cm³/mol. The second-order valence-electron chi connectivity index (χ2n) is 8.46. The lowest BCUT2D eigenvalue weighted by molar-refractivity contribution is -0.139. The Kier molecular flexibility index (Phi) is 10.2. The zero-order valence-corrected chi connectivity index (χ0v) is 21.4. The van der Waals surface area contributed by atoms with Gasteiger partial charge in [-0.1, -0.05) is 6.58 Å². The van der Waals surface area contributed by atoms with E-state index >= 15 is 0 Å². The normalized spacial score (nSPS) is 10.6. The molecule has 1 aromatic heterocycles. The summed E-state index contributed by atoms with van der Waals surface area (Å²) in [7, 11) is 0. The molecule has 0 atom stereocenters. The summed E-state index contributed by atoms with van der Waals surface area (Å²) in [6.07, 6.45) is 3.48. The molecule has 9 heteroatoms. The van der Waals surface area contributed by atoms with E-state index in [0.717, 1.165) is 25.7 Å². The van der Waals surface area contributed by atoms with Gasteiger partial charge in [0, 0.05) is 17.0 Å². The monoisotopic (exact) mass is 522 g/mol. The summed E-state index contributed by atoms with van der Waals surface area (Å²) in [5.74, 6) is -0.901. The topological polar surface area (TPSA) is 118 Å². The van der Waals surface area contributed by atoms with E-state index in [2.05, 4.69) is 6.58 Å². The molecule has 0 spiro atoms. The highest BCUT2D eigenvalue weighted by Crippen LogP contribution is 2.22. The van der Waals surface area contributed by atoms with Crippen molar-refractivity contribution in [2.75, 3.05) is 19.8 Å². The molecule has 2 aromatic carbocycles. The van der Waals surface area contributed by atoms with Crippen LogP contribution in [-0.4, -0.2) is 37.7 Å². The van der Waals surface area contributed by atoms with Crippen LogP contribution in [0, 0.1) is 0 Å². The molecule has 1 heterocycles. The van der Waals surface area contributed by atoms with Crippen molar-refractivity contribution in [3.05, 3.63) is 82.2 Å². The van der Waals surface area contributed by atoms with Gasteiger partial charge in [0.15, 0.2) is 0 Å². The van der Waals surface area contributed by atoms with Crippen molar-refractivity contribution < 1.29 is 37.7 Å². The van der Waals surface area contributed by atoms with Crippen LogP contribution >= 0.6 is 0 Å². The van der Waals surface area contributed by atoms with Gasteiger partial charge in [0.2, 0.25) is 0 Å². The standard InChI is InChI=1S/C29H30O9/c1-4-34-28(32)24-17-21-11-14-23(18-25(21)38-29(24)33)37-27(31)20-9-12-22(13-10-20)35-15-7-5-6-8-16-36-26(30)19(2)3/h9-14,17-18H,2,4-8,15-16H2,1,3H3. The minimum absolute atomic E-state index is 0.135. The van der Waals surface area contributed by atoms with Crippen molar-refractivity contribution in [1.29, 1.82) is 0 Å². The maximum Gasteiger partial charge on any atom is 0.351 e. The lowest BCUT2D eigenvalue weighted by Crippen LogP contribution is -2.16. The molecule has 0 aliphatic heterocycles. The molecule has 0 unspecified atom stereocenters. The average molecular weight is 523 g/mol. The Morgan fingerprint density at radius 3 is 2.21 bits per heavy atom. The largest absolute Gasteiger partial charge is 0.494 e. The van der Waals surface area contributed by atoms with Crippen LogP contribution in [0.5, 0.6) is 11.5 Å². The molecule has 38 heavy (non-hydrogen) atoms. The first kappa shape index (κ1) is 28.2. The van der Waals surface area contributed by atoms with Crippen molar-refractivity contribution >= 4 is 28.9 Å². The lowest BCUT2D eigenvalue weighted by Gasteiger charge is -2.08. The molecule has 0 fully saturated rings. The number of unbranched alkanes of at least 4 members (excludes halogenated alkanes) is 3. The quantitative estimate of drug-likeness (QED) is 0.0975. The summed E-state index contributed by atoms with van der Waals surface area (Å²) < 4.78 is 26.2. The fraction of sp³-hybridized carbons (Fsp3) is 0.310. The van der Waals surface area contributed by atoms with Crippen LogP contribution in [0.1, 0.15) is 60.2 Å². The maximum atomic E-state index is 12.6. The molecule has 9 nitrogen and oxygen atoms in total. The maximum absolute atomic E-state index is 12.6. The second-order valence-corrected chi connectivity index (χ2v) is 8.46. The number of carbonyl (C=O) groups is 3. The van der Waals surface area contributed by atoms with Gasteiger partial charge >= 0.3 is 23.5 Å². The number of ether oxygens (including phenoxy) is 4. The predicted octanol–water partition coefficient (Wildman–Crippen LogP) is 5.25. The second kappa shape index (κ2) is 13.8. The number of hydrogen-bond acceptors (Lipinski definition) is 9. The number of benzene rings is 2. The molecule has 0 saturated carbocycles. The first-order valence-corrected chi connectivity index (χ1v) is 12.3. The van der Waals surface area contributed by atoms with Crippen LogP contribution in [0.3, 0.4) is 0 Å². The molecule has 0 saturated heterocycles. The number of fused-ring (bicyclic) bond motifs is 1. The third-order valence-electron chi connectivity index (χ3n) is 5.39. The number of esters is 3. The fourth-order valence-electron chi connectivity index (χ4n) is 3.40. The highest BCUT2D eigenvalue weighted by molar-refractivity contribution is 5.94. The highest BCUT2D eigenvalue weighted by Gasteiger charge is 2.16. The Morgan fingerprint density at radius 2 is 1.53 bits per heavy atom. The Bertz CT molecular complexity index is 1350. The van der Waals surface area contributed by atoms with Crippen LogP contribution in [0.2, 0.25) is 0 Å². The minimum atomic E-state index is -0.834. The molecule has 0 aliphatic carbocycles. The summed E-state index contributed by atoms with van der Waals surface area (Å²) >= 11 is 0. The van der Waals surface area contributed by atoms with Crippen molar-refractivity contribution in [2.24, 2.45) is 0 Å². The zero-order valence-electron chi connectivity index (χ0n) is 21.4. The third kappa shape index (κ3) is 8.06. The van der Waals surface area contributed by atoms with E-state index in [0.29, 0.717) is 35.5 Å². The smallest absolute Gasteiger partial charge is 0.351 e. The van der Waals surface area contributed by atoms with Crippen molar-refractivity contribution in [3.63, 3.8) is 0 Å². The van der Waals surface area contributed by atoms with Crippen molar-refractivity contribution in [3.8, 4) is 11.5 Å². The minimum Gasteiger partial charge on any atom is -0.494 e.